The van der Waals surface area contributed by atoms with Gasteiger partial charge in [-0.25, -0.2) is 0 Å². The molecular weight excluding hydrogens is 216 g/mol. The summed E-state index contributed by atoms with van der Waals surface area (Å²) in [7, 11) is 6.49. The third-order valence-corrected chi connectivity index (χ3v) is 3.90. The van der Waals surface area contributed by atoms with Crippen LogP contribution >= 0.6 is 0 Å². The number of nitrogens with zero attached hydrogens (tertiary/aromatic N) is 3. The molecule has 3 N–H and O–H groups in total. The van der Waals surface area contributed by atoms with Crippen LogP contribution in [0.3, 0.4) is 0 Å². The number of rotatable bonds is 7. The number of amidine groups is 1. The standard InChI is InChI=1S/C12H26N4O/c1-15(2)12(7-5-8-12)10-16(3)9-4-6-11(13)14-17/h17H,4-10H2,1-3H3,(H2,13,14). The summed E-state index contributed by atoms with van der Waals surface area (Å²) in [5.74, 6) is 0.323. The largest absolute Gasteiger partial charge is 0.409 e. The van der Waals surface area contributed by atoms with E-state index in [1.807, 2.05) is 0 Å². The molecule has 5 heteroatoms. The number of hydrogen-bond acceptors (Lipinski definition) is 4. The van der Waals surface area contributed by atoms with E-state index in [2.05, 4.69) is 36.1 Å². The minimum atomic E-state index is 0.323. The Hall–Kier alpha value is -0.810. The maximum Gasteiger partial charge on any atom is 0.139 e. The van der Waals surface area contributed by atoms with Crippen LogP contribution in [0, 0.1) is 0 Å². The number of oxime groups is 1. The smallest absolute Gasteiger partial charge is 0.139 e. The Morgan fingerprint density at radius 3 is 2.41 bits per heavy atom. The van der Waals surface area contributed by atoms with Gasteiger partial charge in [-0.3, -0.25) is 0 Å². The molecule has 0 unspecified atom stereocenters. The Kier molecular flexibility index (Phi) is 5.21. The Balaban J connectivity index is 2.26. The summed E-state index contributed by atoms with van der Waals surface area (Å²) in [5, 5.41) is 11.4. The Bertz CT molecular complexity index is 261. The Labute approximate surface area is 104 Å². The van der Waals surface area contributed by atoms with E-state index in [0.717, 1.165) is 19.5 Å². The van der Waals surface area contributed by atoms with Crippen molar-refractivity contribution in [2.45, 2.75) is 37.6 Å². The average Bonchev–Trinajstić information content (AvgIpc) is 2.22. The van der Waals surface area contributed by atoms with Crippen molar-refractivity contribution in [1.29, 1.82) is 0 Å². The summed E-state index contributed by atoms with van der Waals surface area (Å²) in [6, 6.07) is 0. The molecule has 0 amide bonds. The van der Waals surface area contributed by atoms with Gasteiger partial charge in [-0.15, -0.1) is 0 Å². The van der Waals surface area contributed by atoms with Crippen LogP contribution in [-0.4, -0.2) is 60.6 Å². The molecule has 0 radical (unpaired) electrons. The Morgan fingerprint density at radius 2 is 2.00 bits per heavy atom. The van der Waals surface area contributed by atoms with Crippen molar-refractivity contribution in [3.05, 3.63) is 0 Å². The molecule has 0 aromatic heterocycles. The molecular formula is C12H26N4O. The van der Waals surface area contributed by atoms with Gasteiger partial charge in [-0.2, -0.15) is 0 Å². The molecule has 5 nitrogen and oxygen atoms in total. The number of nitrogens with two attached hydrogens (primary N) is 1. The van der Waals surface area contributed by atoms with E-state index in [9.17, 15) is 0 Å². The van der Waals surface area contributed by atoms with Crippen molar-refractivity contribution < 1.29 is 5.21 Å². The van der Waals surface area contributed by atoms with E-state index < -0.39 is 0 Å². The fourth-order valence-corrected chi connectivity index (χ4v) is 2.49. The van der Waals surface area contributed by atoms with Crippen molar-refractivity contribution in [2.24, 2.45) is 10.9 Å². The molecule has 1 aliphatic rings. The van der Waals surface area contributed by atoms with E-state index in [4.69, 9.17) is 10.9 Å². The molecule has 0 spiro atoms. The van der Waals surface area contributed by atoms with Crippen LogP contribution in [0.1, 0.15) is 32.1 Å². The lowest BCUT2D eigenvalue weighted by Gasteiger charge is -2.49. The van der Waals surface area contributed by atoms with E-state index in [1.165, 1.54) is 19.3 Å². The summed E-state index contributed by atoms with van der Waals surface area (Å²) in [6.07, 6.45) is 5.54. The summed E-state index contributed by atoms with van der Waals surface area (Å²) in [6.45, 7) is 2.10. The van der Waals surface area contributed by atoms with Gasteiger partial charge in [0.1, 0.15) is 5.84 Å². The van der Waals surface area contributed by atoms with Gasteiger partial charge in [0.25, 0.3) is 0 Å². The quantitative estimate of drug-likeness (QED) is 0.302. The van der Waals surface area contributed by atoms with Crippen molar-refractivity contribution in [2.75, 3.05) is 34.2 Å². The second kappa shape index (κ2) is 6.21. The highest BCUT2D eigenvalue weighted by molar-refractivity contribution is 5.79. The topological polar surface area (TPSA) is 65.1 Å². The predicted octanol–water partition coefficient (Wildman–Crippen LogP) is 0.929. The monoisotopic (exact) mass is 242 g/mol. The molecule has 0 aliphatic heterocycles. The average molecular weight is 242 g/mol. The first-order valence-corrected chi connectivity index (χ1v) is 6.32. The van der Waals surface area contributed by atoms with E-state index >= 15 is 0 Å². The van der Waals surface area contributed by atoms with Crippen LogP contribution in [0.25, 0.3) is 0 Å². The molecule has 17 heavy (non-hydrogen) atoms. The van der Waals surface area contributed by atoms with E-state index in [-0.39, 0.29) is 0 Å². The van der Waals surface area contributed by atoms with Gasteiger partial charge in [-0.05, 0) is 53.4 Å². The van der Waals surface area contributed by atoms with Crippen molar-refractivity contribution in [3.63, 3.8) is 0 Å². The zero-order chi connectivity index (χ0) is 12.9. The SMILES string of the molecule is CN(CCCC(N)=NO)CC1(N(C)C)CCC1. The van der Waals surface area contributed by atoms with Crippen LogP contribution in [0.4, 0.5) is 0 Å². The fourth-order valence-electron chi connectivity index (χ4n) is 2.49. The van der Waals surface area contributed by atoms with Crippen LogP contribution in [0.2, 0.25) is 0 Å². The molecule has 0 atom stereocenters. The lowest BCUT2D eigenvalue weighted by atomic mass is 9.75. The lowest BCUT2D eigenvalue weighted by Crippen LogP contribution is -2.56. The molecule has 0 heterocycles. The van der Waals surface area contributed by atoms with Gasteiger partial charge in [0.05, 0.1) is 0 Å². The molecule has 0 saturated heterocycles. The van der Waals surface area contributed by atoms with Gasteiger partial charge < -0.3 is 20.7 Å². The van der Waals surface area contributed by atoms with Crippen molar-refractivity contribution in [1.82, 2.24) is 9.80 Å². The van der Waals surface area contributed by atoms with Gasteiger partial charge >= 0.3 is 0 Å². The third kappa shape index (κ3) is 3.85. The number of hydrogen-bond donors (Lipinski definition) is 2. The minimum Gasteiger partial charge on any atom is -0.409 e. The molecule has 1 saturated carbocycles. The first kappa shape index (κ1) is 14.3. The van der Waals surface area contributed by atoms with Crippen LogP contribution in [0.15, 0.2) is 5.16 Å². The highest BCUT2D eigenvalue weighted by atomic mass is 16.4. The summed E-state index contributed by atoms with van der Waals surface area (Å²) < 4.78 is 0. The van der Waals surface area contributed by atoms with Crippen LogP contribution in [-0.2, 0) is 0 Å². The minimum absolute atomic E-state index is 0.323. The van der Waals surface area contributed by atoms with Crippen molar-refractivity contribution in [3.8, 4) is 0 Å². The zero-order valence-corrected chi connectivity index (χ0v) is 11.3. The van der Waals surface area contributed by atoms with E-state index in [1.54, 1.807) is 0 Å². The highest BCUT2D eigenvalue weighted by Gasteiger charge is 2.39. The lowest BCUT2D eigenvalue weighted by molar-refractivity contribution is 0.0278. The van der Waals surface area contributed by atoms with Gasteiger partial charge in [0.15, 0.2) is 0 Å². The molecule has 1 fully saturated rings. The summed E-state index contributed by atoms with van der Waals surface area (Å²) >= 11 is 0. The number of likely N-dealkylation sites (N-methyl/N-ethyl adjacent to an activating group) is 2. The molecule has 1 aliphatic carbocycles. The maximum atomic E-state index is 8.45. The first-order chi connectivity index (χ1) is 8.00. The molecule has 0 bridgehead atoms. The van der Waals surface area contributed by atoms with Gasteiger partial charge in [0.2, 0.25) is 0 Å². The summed E-state index contributed by atoms with van der Waals surface area (Å²) in [4.78, 5) is 4.71. The molecule has 100 valence electrons. The molecule has 1 rings (SSSR count). The first-order valence-electron chi connectivity index (χ1n) is 6.32. The second-order valence-electron chi connectivity index (χ2n) is 5.40. The normalized spacial score (nSPS) is 19.7. The predicted molar refractivity (Wildman–Crippen MR) is 70.4 cm³/mol. The molecule has 0 aromatic rings. The zero-order valence-electron chi connectivity index (χ0n) is 11.3. The van der Waals surface area contributed by atoms with E-state index in [0.29, 0.717) is 17.8 Å². The fraction of sp³-hybridized carbons (Fsp3) is 0.917. The van der Waals surface area contributed by atoms with Gasteiger partial charge in [-0.1, -0.05) is 5.16 Å². The van der Waals surface area contributed by atoms with Crippen molar-refractivity contribution >= 4 is 5.84 Å². The highest BCUT2D eigenvalue weighted by Crippen LogP contribution is 2.36. The molecule has 0 aromatic carbocycles. The summed E-state index contributed by atoms with van der Waals surface area (Å²) in [5.41, 5.74) is 5.83. The second-order valence-corrected chi connectivity index (χ2v) is 5.40. The maximum absolute atomic E-state index is 8.45. The Morgan fingerprint density at radius 1 is 1.35 bits per heavy atom. The van der Waals surface area contributed by atoms with Crippen LogP contribution in [0.5, 0.6) is 0 Å². The van der Waals surface area contributed by atoms with Gasteiger partial charge in [0, 0.05) is 18.5 Å². The van der Waals surface area contributed by atoms with Crippen LogP contribution < -0.4 is 5.73 Å². The third-order valence-electron chi connectivity index (χ3n) is 3.90.